The summed E-state index contributed by atoms with van der Waals surface area (Å²) < 4.78 is 0. The van der Waals surface area contributed by atoms with E-state index in [1.54, 1.807) is 23.7 Å². The second-order valence-corrected chi connectivity index (χ2v) is 6.21. The Bertz CT molecular complexity index is 589. The first-order chi connectivity index (χ1) is 10.3. The number of carbonyl (C=O) groups is 1. The molecule has 0 aliphatic carbocycles. The zero-order valence-corrected chi connectivity index (χ0v) is 12.8. The average molecular weight is 301 g/mol. The summed E-state index contributed by atoms with van der Waals surface area (Å²) in [4.78, 5) is 22.9. The Morgan fingerprint density at radius 1 is 1.14 bits per heavy atom. The number of carbonyl (C=O) groups excluding carboxylic acids is 1. The molecule has 1 aliphatic rings. The lowest BCUT2D eigenvalue weighted by Crippen LogP contribution is -2.33. The third kappa shape index (κ3) is 3.67. The zero-order valence-electron chi connectivity index (χ0n) is 12.0. The van der Waals surface area contributed by atoms with Gasteiger partial charge in [-0.15, -0.1) is 11.3 Å². The van der Waals surface area contributed by atoms with Crippen molar-refractivity contribution in [2.24, 2.45) is 0 Å². The van der Waals surface area contributed by atoms with Crippen LogP contribution in [0.2, 0.25) is 0 Å². The Labute approximate surface area is 128 Å². The van der Waals surface area contributed by atoms with Crippen molar-refractivity contribution in [3.05, 3.63) is 35.6 Å². The second kappa shape index (κ2) is 6.80. The quantitative estimate of drug-likeness (QED) is 0.875. The largest absolute Gasteiger partial charge is 0.342 e. The van der Waals surface area contributed by atoms with Crippen LogP contribution in [-0.2, 0) is 11.2 Å². The van der Waals surface area contributed by atoms with Gasteiger partial charge in [-0.25, -0.2) is 4.98 Å². The fourth-order valence-electron chi connectivity index (χ4n) is 2.60. The predicted molar refractivity (Wildman–Crippen MR) is 84.1 cm³/mol. The first kappa shape index (κ1) is 14.2. The molecule has 0 saturated carbocycles. The summed E-state index contributed by atoms with van der Waals surface area (Å²) in [6.45, 7) is 1.81. The van der Waals surface area contributed by atoms with Crippen LogP contribution in [0.5, 0.6) is 0 Å². The first-order valence-electron chi connectivity index (χ1n) is 7.45. The number of nitrogens with zero attached hydrogens (tertiary/aromatic N) is 3. The van der Waals surface area contributed by atoms with Crippen molar-refractivity contribution in [1.29, 1.82) is 0 Å². The number of likely N-dealkylation sites (tertiary alicyclic amines) is 1. The zero-order chi connectivity index (χ0) is 14.5. The predicted octanol–water partition coefficient (Wildman–Crippen LogP) is 3.15. The van der Waals surface area contributed by atoms with E-state index in [0.29, 0.717) is 6.42 Å². The summed E-state index contributed by atoms with van der Waals surface area (Å²) in [5.41, 5.74) is 1.93. The SMILES string of the molecule is O=C(Cc1csc(-c2ccncc2)n1)N1CCCCCC1. The van der Waals surface area contributed by atoms with E-state index in [1.165, 1.54) is 12.8 Å². The van der Waals surface area contributed by atoms with Crippen molar-refractivity contribution in [2.75, 3.05) is 13.1 Å². The molecule has 1 saturated heterocycles. The highest BCUT2D eigenvalue weighted by Gasteiger charge is 2.17. The number of aromatic nitrogens is 2. The molecule has 2 aromatic rings. The van der Waals surface area contributed by atoms with Gasteiger partial charge < -0.3 is 4.90 Å². The van der Waals surface area contributed by atoms with Crippen LogP contribution in [0.1, 0.15) is 31.4 Å². The fraction of sp³-hybridized carbons (Fsp3) is 0.438. The van der Waals surface area contributed by atoms with E-state index in [9.17, 15) is 4.79 Å². The van der Waals surface area contributed by atoms with Crippen molar-refractivity contribution >= 4 is 17.2 Å². The molecule has 0 spiro atoms. The van der Waals surface area contributed by atoms with Crippen LogP contribution in [0, 0.1) is 0 Å². The van der Waals surface area contributed by atoms with Gasteiger partial charge in [-0.1, -0.05) is 12.8 Å². The molecule has 2 aromatic heterocycles. The molecular weight excluding hydrogens is 282 g/mol. The van der Waals surface area contributed by atoms with Gasteiger partial charge in [0.1, 0.15) is 5.01 Å². The standard InChI is InChI=1S/C16H19N3OS/c20-15(19-9-3-1-2-4-10-19)11-14-12-21-16(18-14)13-5-7-17-8-6-13/h5-8,12H,1-4,9-11H2. The molecule has 0 atom stereocenters. The van der Waals surface area contributed by atoms with Crippen molar-refractivity contribution in [3.8, 4) is 10.6 Å². The monoisotopic (exact) mass is 301 g/mol. The van der Waals surface area contributed by atoms with E-state index in [1.807, 2.05) is 22.4 Å². The third-order valence-corrected chi connectivity index (χ3v) is 4.71. The molecule has 3 heterocycles. The first-order valence-corrected chi connectivity index (χ1v) is 8.33. The van der Waals surface area contributed by atoms with Crippen molar-refractivity contribution in [3.63, 3.8) is 0 Å². The highest BCUT2D eigenvalue weighted by atomic mass is 32.1. The summed E-state index contributed by atoms with van der Waals surface area (Å²) in [6, 6.07) is 3.89. The molecule has 3 rings (SSSR count). The van der Waals surface area contributed by atoms with Gasteiger partial charge in [0.2, 0.25) is 5.91 Å². The number of rotatable bonds is 3. The highest BCUT2D eigenvalue weighted by molar-refractivity contribution is 7.13. The van der Waals surface area contributed by atoms with Gasteiger partial charge >= 0.3 is 0 Å². The van der Waals surface area contributed by atoms with Crippen LogP contribution in [0.15, 0.2) is 29.9 Å². The van der Waals surface area contributed by atoms with Gasteiger partial charge in [-0.3, -0.25) is 9.78 Å². The minimum atomic E-state index is 0.212. The van der Waals surface area contributed by atoms with Crippen LogP contribution in [0.25, 0.3) is 10.6 Å². The Morgan fingerprint density at radius 3 is 2.57 bits per heavy atom. The Morgan fingerprint density at radius 2 is 1.86 bits per heavy atom. The molecule has 0 N–H and O–H groups in total. The van der Waals surface area contributed by atoms with Crippen LogP contribution in [0.3, 0.4) is 0 Å². The fourth-order valence-corrected chi connectivity index (χ4v) is 3.43. The molecule has 0 unspecified atom stereocenters. The molecule has 4 nitrogen and oxygen atoms in total. The molecule has 0 bridgehead atoms. The van der Waals surface area contributed by atoms with Gasteiger partial charge in [0, 0.05) is 36.4 Å². The lowest BCUT2D eigenvalue weighted by atomic mass is 10.2. The van der Waals surface area contributed by atoms with Crippen molar-refractivity contribution in [2.45, 2.75) is 32.1 Å². The maximum Gasteiger partial charge on any atom is 0.228 e. The number of hydrogen-bond donors (Lipinski definition) is 0. The minimum Gasteiger partial charge on any atom is -0.342 e. The lowest BCUT2D eigenvalue weighted by Gasteiger charge is -2.19. The van der Waals surface area contributed by atoms with Crippen LogP contribution in [-0.4, -0.2) is 33.9 Å². The smallest absolute Gasteiger partial charge is 0.228 e. The van der Waals surface area contributed by atoms with Gasteiger partial charge in [0.25, 0.3) is 0 Å². The molecule has 5 heteroatoms. The summed E-state index contributed by atoms with van der Waals surface area (Å²) >= 11 is 1.59. The Kier molecular flexibility index (Phi) is 4.60. The molecule has 1 fully saturated rings. The van der Waals surface area contributed by atoms with Crippen LogP contribution < -0.4 is 0 Å². The number of amides is 1. The molecule has 0 aromatic carbocycles. The van der Waals surface area contributed by atoms with Gasteiger partial charge in [-0.2, -0.15) is 0 Å². The van der Waals surface area contributed by atoms with E-state index in [0.717, 1.165) is 42.2 Å². The number of thiazole rings is 1. The number of pyridine rings is 1. The van der Waals surface area contributed by atoms with E-state index < -0.39 is 0 Å². The van der Waals surface area contributed by atoms with Crippen molar-refractivity contribution < 1.29 is 4.79 Å². The molecule has 0 radical (unpaired) electrons. The minimum absolute atomic E-state index is 0.212. The second-order valence-electron chi connectivity index (χ2n) is 5.35. The van der Waals surface area contributed by atoms with Gasteiger partial charge in [0.15, 0.2) is 0 Å². The summed E-state index contributed by atoms with van der Waals surface area (Å²) in [7, 11) is 0. The van der Waals surface area contributed by atoms with Gasteiger partial charge in [0.05, 0.1) is 12.1 Å². The van der Waals surface area contributed by atoms with Crippen LogP contribution >= 0.6 is 11.3 Å². The molecular formula is C16H19N3OS. The topological polar surface area (TPSA) is 46.1 Å². The average Bonchev–Trinajstić information content (AvgIpc) is 2.81. The van der Waals surface area contributed by atoms with E-state index in [4.69, 9.17) is 0 Å². The normalized spacial score (nSPS) is 15.7. The maximum absolute atomic E-state index is 12.3. The molecule has 21 heavy (non-hydrogen) atoms. The van der Waals surface area contributed by atoms with Crippen molar-refractivity contribution in [1.82, 2.24) is 14.9 Å². The molecule has 1 amide bonds. The third-order valence-electron chi connectivity index (χ3n) is 3.77. The molecule has 1 aliphatic heterocycles. The Hall–Kier alpha value is -1.75. The Balaban J connectivity index is 1.65. The van der Waals surface area contributed by atoms with E-state index in [2.05, 4.69) is 9.97 Å². The number of hydrogen-bond acceptors (Lipinski definition) is 4. The lowest BCUT2D eigenvalue weighted by molar-refractivity contribution is -0.130. The van der Waals surface area contributed by atoms with Gasteiger partial charge in [-0.05, 0) is 25.0 Å². The maximum atomic E-state index is 12.3. The van der Waals surface area contributed by atoms with E-state index in [-0.39, 0.29) is 5.91 Å². The summed E-state index contributed by atoms with van der Waals surface area (Å²) in [6.07, 6.45) is 8.69. The highest BCUT2D eigenvalue weighted by Crippen LogP contribution is 2.23. The van der Waals surface area contributed by atoms with E-state index >= 15 is 0 Å². The summed E-state index contributed by atoms with van der Waals surface area (Å²) in [5.74, 6) is 0.212. The summed E-state index contributed by atoms with van der Waals surface area (Å²) in [5, 5.41) is 2.95. The van der Waals surface area contributed by atoms with Crippen LogP contribution in [0.4, 0.5) is 0 Å². The molecule has 110 valence electrons.